The summed E-state index contributed by atoms with van der Waals surface area (Å²) in [7, 11) is 0. The minimum Gasteiger partial charge on any atom is -0.378 e. The van der Waals surface area contributed by atoms with Gasteiger partial charge >= 0.3 is 0 Å². The first kappa shape index (κ1) is 13.5. The maximum absolute atomic E-state index is 13.4. The molecule has 2 N–H and O–H groups in total. The molecule has 0 aliphatic heterocycles. The SMILES string of the molecule is CC(=O)Nc1ccsc1CNc1ccc(F)cc1F. The number of anilines is 2. The van der Waals surface area contributed by atoms with Gasteiger partial charge in [-0.3, -0.25) is 4.79 Å². The lowest BCUT2D eigenvalue weighted by Crippen LogP contribution is -2.08. The number of carbonyl (C=O) groups is 1. The molecule has 0 bridgehead atoms. The van der Waals surface area contributed by atoms with Crippen LogP contribution in [-0.4, -0.2) is 5.91 Å². The highest BCUT2D eigenvalue weighted by atomic mass is 32.1. The second kappa shape index (κ2) is 5.79. The van der Waals surface area contributed by atoms with Crippen molar-refractivity contribution in [3.8, 4) is 0 Å². The van der Waals surface area contributed by atoms with Gasteiger partial charge in [0.15, 0.2) is 0 Å². The Morgan fingerprint density at radius 3 is 2.74 bits per heavy atom. The van der Waals surface area contributed by atoms with Crippen LogP contribution in [0.4, 0.5) is 20.2 Å². The van der Waals surface area contributed by atoms with Gasteiger partial charge in [-0.05, 0) is 23.6 Å². The topological polar surface area (TPSA) is 41.1 Å². The summed E-state index contributed by atoms with van der Waals surface area (Å²) in [6, 6.07) is 5.14. The van der Waals surface area contributed by atoms with E-state index in [0.717, 1.165) is 10.9 Å². The summed E-state index contributed by atoms with van der Waals surface area (Å²) in [6.07, 6.45) is 0. The molecule has 1 amide bonds. The van der Waals surface area contributed by atoms with E-state index in [1.165, 1.54) is 30.4 Å². The predicted molar refractivity (Wildman–Crippen MR) is 72.3 cm³/mol. The van der Waals surface area contributed by atoms with Crippen LogP contribution >= 0.6 is 11.3 Å². The van der Waals surface area contributed by atoms with E-state index in [9.17, 15) is 13.6 Å². The molecular weight excluding hydrogens is 270 g/mol. The number of benzene rings is 1. The van der Waals surface area contributed by atoms with Crippen molar-refractivity contribution in [3.05, 3.63) is 46.2 Å². The molecular formula is C13H12F2N2OS. The zero-order valence-electron chi connectivity index (χ0n) is 10.2. The number of carbonyl (C=O) groups excluding carboxylic acids is 1. The van der Waals surface area contributed by atoms with Gasteiger partial charge in [0.1, 0.15) is 11.6 Å². The Labute approximate surface area is 113 Å². The minimum absolute atomic E-state index is 0.160. The highest BCUT2D eigenvalue weighted by Crippen LogP contribution is 2.24. The smallest absolute Gasteiger partial charge is 0.221 e. The van der Waals surface area contributed by atoms with E-state index in [0.29, 0.717) is 12.2 Å². The molecule has 0 unspecified atom stereocenters. The number of nitrogens with one attached hydrogen (secondary N) is 2. The molecule has 0 fully saturated rings. The zero-order valence-corrected chi connectivity index (χ0v) is 11.0. The largest absolute Gasteiger partial charge is 0.378 e. The van der Waals surface area contributed by atoms with Crippen molar-refractivity contribution in [3.63, 3.8) is 0 Å². The number of thiophene rings is 1. The molecule has 0 aliphatic carbocycles. The van der Waals surface area contributed by atoms with Gasteiger partial charge in [0, 0.05) is 17.9 Å². The molecule has 0 saturated carbocycles. The van der Waals surface area contributed by atoms with E-state index in [1.54, 1.807) is 6.07 Å². The molecule has 100 valence electrons. The Balaban J connectivity index is 2.06. The van der Waals surface area contributed by atoms with Crippen LogP contribution in [0.2, 0.25) is 0 Å². The number of hydrogen-bond acceptors (Lipinski definition) is 3. The average molecular weight is 282 g/mol. The van der Waals surface area contributed by atoms with Crippen molar-refractivity contribution in [1.82, 2.24) is 0 Å². The first-order chi connectivity index (χ1) is 9.06. The summed E-state index contributed by atoms with van der Waals surface area (Å²) < 4.78 is 26.2. The minimum atomic E-state index is -0.641. The van der Waals surface area contributed by atoms with Crippen LogP contribution in [0.5, 0.6) is 0 Å². The first-order valence-corrected chi connectivity index (χ1v) is 6.47. The fraction of sp³-hybridized carbons (Fsp3) is 0.154. The summed E-state index contributed by atoms with van der Waals surface area (Å²) in [5.41, 5.74) is 0.927. The molecule has 1 aromatic carbocycles. The van der Waals surface area contributed by atoms with Gasteiger partial charge in [-0.15, -0.1) is 11.3 Å². The van der Waals surface area contributed by atoms with Crippen LogP contribution in [0, 0.1) is 11.6 Å². The Bertz CT molecular complexity index is 598. The van der Waals surface area contributed by atoms with Crippen LogP contribution in [0.3, 0.4) is 0 Å². The molecule has 2 rings (SSSR count). The zero-order chi connectivity index (χ0) is 13.8. The third-order valence-electron chi connectivity index (χ3n) is 2.43. The molecule has 19 heavy (non-hydrogen) atoms. The molecule has 3 nitrogen and oxygen atoms in total. The van der Waals surface area contributed by atoms with E-state index in [4.69, 9.17) is 0 Å². The number of amides is 1. The van der Waals surface area contributed by atoms with E-state index < -0.39 is 11.6 Å². The Hall–Kier alpha value is -1.95. The lowest BCUT2D eigenvalue weighted by Gasteiger charge is -2.08. The summed E-state index contributed by atoms with van der Waals surface area (Å²) in [5.74, 6) is -1.41. The van der Waals surface area contributed by atoms with Crippen molar-refractivity contribution in [2.45, 2.75) is 13.5 Å². The van der Waals surface area contributed by atoms with Crippen LogP contribution in [0.25, 0.3) is 0 Å². The standard InChI is InChI=1S/C13H12F2N2OS/c1-8(18)17-12-4-5-19-13(12)7-16-11-3-2-9(14)6-10(11)15/h2-6,16H,7H2,1H3,(H,17,18). The molecule has 1 aromatic heterocycles. The Morgan fingerprint density at radius 2 is 2.05 bits per heavy atom. The summed E-state index contributed by atoms with van der Waals surface area (Å²) in [6.45, 7) is 1.78. The van der Waals surface area contributed by atoms with Gasteiger partial charge in [0.2, 0.25) is 5.91 Å². The predicted octanol–water partition coefficient (Wildman–Crippen LogP) is 3.60. The first-order valence-electron chi connectivity index (χ1n) is 5.59. The normalized spacial score (nSPS) is 10.3. The fourth-order valence-corrected chi connectivity index (χ4v) is 2.36. The molecule has 2 aromatic rings. The van der Waals surface area contributed by atoms with E-state index in [1.807, 2.05) is 5.38 Å². The summed E-state index contributed by atoms with van der Waals surface area (Å²) in [4.78, 5) is 11.9. The maximum Gasteiger partial charge on any atom is 0.221 e. The van der Waals surface area contributed by atoms with E-state index >= 15 is 0 Å². The highest BCUT2D eigenvalue weighted by Gasteiger charge is 2.07. The maximum atomic E-state index is 13.4. The second-order valence-electron chi connectivity index (χ2n) is 3.92. The van der Waals surface area contributed by atoms with Crippen molar-refractivity contribution < 1.29 is 13.6 Å². The van der Waals surface area contributed by atoms with Gasteiger partial charge in [-0.2, -0.15) is 0 Å². The fourth-order valence-electron chi connectivity index (χ4n) is 1.59. The van der Waals surface area contributed by atoms with Crippen molar-refractivity contribution in [1.29, 1.82) is 0 Å². The Kier molecular flexibility index (Phi) is 4.11. The molecule has 0 atom stereocenters. The molecule has 0 saturated heterocycles. The molecule has 0 radical (unpaired) electrons. The quantitative estimate of drug-likeness (QED) is 0.899. The third-order valence-corrected chi connectivity index (χ3v) is 3.35. The number of hydrogen-bond donors (Lipinski definition) is 2. The molecule has 1 heterocycles. The van der Waals surface area contributed by atoms with Crippen LogP contribution in [0.15, 0.2) is 29.6 Å². The number of rotatable bonds is 4. The highest BCUT2D eigenvalue weighted by molar-refractivity contribution is 7.10. The van der Waals surface area contributed by atoms with Crippen molar-refractivity contribution in [2.75, 3.05) is 10.6 Å². The lowest BCUT2D eigenvalue weighted by atomic mass is 10.3. The van der Waals surface area contributed by atoms with Crippen LogP contribution in [0.1, 0.15) is 11.8 Å². The molecule has 0 aliphatic rings. The van der Waals surface area contributed by atoms with Gasteiger partial charge < -0.3 is 10.6 Å². The van der Waals surface area contributed by atoms with Crippen molar-refractivity contribution in [2.24, 2.45) is 0 Å². The molecule has 0 spiro atoms. The Morgan fingerprint density at radius 1 is 1.26 bits per heavy atom. The second-order valence-corrected chi connectivity index (χ2v) is 4.92. The van der Waals surface area contributed by atoms with E-state index in [-0.39, 0.29) is 11.6 Å². The van der Waals surface area contributed by atoms with Gasteiger partial charge in [0.25, 0.3) is 0 Å². The van der Waals surface area contributed by atoms with E-state index in [2.05, 4.69) is 10.6 Å². The van der Waals surface area contributed by atoms with Gasteiger partial charge in [-0.1, -0.05) is 0 Å². The summed E-state index contributed by atoms with van der Waals surface area (Å²) >= 11 is 1.45. The van der Waals surface area contributed by atoms with Gasteiger partial charge in [0.05, 0.1) is 17.9 Å². The van der Waals surface area contributed by atoms with Crippen LogP contribution < -0.4 is 10.6 Å². The average Bonchev–Trinajstić information content (AvgIpc) is 2.74. The third kappa shape index (κ3) is 3.51. The summed E-state index contributed by atoms with van der Waals surface area (Å²) in [5, 5.41) is 7.40. The van der Waals surface area contributed by atoms with Crippen LogP contribution in [-0.2, 0) is 11.3 Å². The van der Waals surface area contributed by atoms with Crippen molar-refractivity contribution >= 4 is 28.6 Å². The lowest BCUT2D eigenvalue weighted by molar-refractivity contribution is -0.114. The van der Waals surface area contributed by atoms with Gasteiger partial charge in [-0.25, -0.2) is 8.78 Å². The monoisotopic (exact) mass is 282 g/mol. The molecule has 6 heteroatoms. The number of halogens is 2.